The number of nitrogens with one attached hydrogen (secondary N) is 1. The Morgan fingerprint density at radius 3 is 2.20 bits per heavy atom. The third-order valence-corrected chi connectivity index (χ3v) is 3.19. The van der Waals surface area contributed by atoms with E-state index >= 15 is 0 Å². The molecule has 0 aliphatic carbocycles. The largest absolute Gasteiger partial charge is 0.335 e. The van der Waals surface area contributed by atoms with E-state index in [0.717, 1.165) is 5.92 Å². The first-order valence-corrected chi connectivity index (χ1v) is 4.79. The van der Waals surface area contributed by atoms with Crippen LogP contribution in [0, 0.1) is 5.92 Å². The molecule has 0 unspecified atom stereocenters. The van der Waals surface area contributed by atoms with Gasteiger partial charge in [0.05, 0.1) is 19.6 Å². The lowest BCUT2D eigenvalue weighted by molar-refractivity contribution is -0.898. The Morgan fingerprint density at radius 1 is 0.800 bits per heavy atom. The summed E-state index contributed by atoms with van der Waals surface area (Å²) in [6.07, 6.45) is 7.59. The minimum absolute atomic E-state index is 1.11. The number of hydrogen-bond acceptors (Lipinski definition) is 0. The molecule has 1 N–H and O–H groups in total. The fourth-order valence-corrected chi connectivity index (χ4v) is 2.50. The average Bonchev–Trinajstić information content (AvgIpc) is 2.17. The first kappa shape index (κ1) is 6.66. The highest BCUT2D eigenvalue weighted by Gasteiger charge is 2.22. The van der Waals surface area contributed by atoms with Gasteiger partial charge >= 0.3 is 0 Å². The van der Waals surface area contributed by atoms with E-state index in [9.17, 15) is 0 Å². The Balaban J connectivity index is 2.01. The molecule has 2 aliphatic rings. The summed E-state index contributed by atoms with van der Waals surface area (Å²) in [4.78, 5) is 1.89. The number of quaternary nitrogens is 1. The fourth-order valence-electron chi connectivity index (χ4n) is 2.50. The zero-order valence-electron chi connectivity index (χ0n) is 6.73. The smallest absolute Gasteiger partial charge is 0.0773 e. The average molecular weight is 140 g/mol. The van der Waals surface area contributed by atoms with E-state index in [-0.39, 0.29) is 0 Å². The van der Waals surface area contributed by atoms with Crippen LogP contribution in [0.1, 0.15) is 32.1 Å². The molecule has 58 valence electrons. The molecule has 2 bridgehead atoms. The van der Waals surface area contributed by atoms with Gasteiger partial charge in [-0.25, -0.2) is 0 Å². The lowest BCUT2D eigenvalue weighted by Crippen LogP contribution is -3.11. The van der Waals surface area contributed by atoms with Crippen molar-refractivity contribution in [3.05, 3.63) is 0 Å². The maximum atomic E-state index is 1.89. The second-order valence-electron chi connectivity index (χ2n) is 3.94. The zero-order valence-corrected chi connectivity index (χ0v) is 6.73. The van der Waals surface area contributed by atoms with Gasteiger partial charge in [-0.15, -0.1) is 0 Å². The second kappa shape index (κ2) is 2.91. The van der Waals surface area contributed by atoms with Gasteiger partial charge in [-0.3, -0.25) is 0 Å². The van der Waals surface area contributed by atoms with E-state index in [0.29, 0.717) is 0 Å². The molecule has 2 fully saturated rings. The molecule has 1 nitrogen and oxygen atoms in total. The van der Waals surface area contributed by atoms with Crippen molar-refractivity contribution in [1.82, 2.24) is 0 Å². The summed E-state index contributed by atoms with van der Waals surface area (Å²) in [5.74, 6) is 1.11. The van der Waals surface area contributed by atoms with Crippen molar-refractivity contribution in [2.45, 2.75) is 32.1 Å². The summed E-state index contributed by atoms with van der Waals surface area (Å²) in [5.41, 5.74) is 0. The van der Waals surface area contributed by atoms with Crippen molar-refractivity contribution in [3.63, 3.8) is 0 Å². The molecule has 2 saturated heterocycles. The van der Waals surface area contributed by atoms with Crippen molar-refractivity contribution >= 4 is 0 Å². The number of hydrogen-bond donors (Lipinski definition) is 1. The molecule has 10 heavy (non-hydrogen) atoms. The van der Waals surface area contributed by atoms with Crippen LogP contribution in [0.5, 0.6) is 0 Å². The van der Waals surface area contributed by atoms with Gasteiger partial charge in [0, 0.05) is 0 Å². The normalized spacial score (nSPS) is 40.8. The van der Waals surface area contributed by atoms with E-state index in [4.69, 9.17) is 0 Å². The second-order valence-corrected chi connectivity index (χ2v) is 3.94. The molecule has 0 amide bonds. The van der Waals surface area contributed by atoms with Crippen LogP contribution in [0.25, 0.3) is 0 Å². The first-order valence-electron chi connectivity index (χ1n) is 4.79. The van der Waals surface area contributed by atoms with E-state index in [1.54, 1.807) is 0 Å². The molecular weight excluding hydrogens is 122 g/mol. The van der Waals surface area contributed by atoms with Crippen molar-refractivity contribution in [3.8, 4) is 0 Å². The van der Waals surface area contributed by atoms with Crippen molar-refractivity contribution in [1.29, 1.82) is 0 Å². The highest BCUT2D eigenvalue weighted by atomic mass is 15.1. The maximum Gasteiger partial charge on any atom is 0.0773 e. The predicted molar refractivity (Wildman–Crippen MR) is 42.1 cm³/mol. The van der Waals surface area contributed by atoms with Gasteiger partial charge in [0.15, 0.2) is 0 Å². The third-order valence-electron chi connectivity index (χ3n) is 3.19. The van der Waals surface area contributed by atoms with Gasteiger partial charge in [-0.1, -0.05) is 0 Å². The lowest BCUT2D eigenvalue weighted by atomic mass is 9.96. The van der Waals surface area contributed by atoms with E-state index in [1.807, 2.05) is 4.90 Å². The van der Waals surface area contributed by atoms with Crippen LogP contribution in [0.3, 0.4) is 0 Å². The van der Waals surface area contributed by atoms with Gasteiger partial charge in [0.25, 0.3) is 0 Å². The van der Waals surface area contributed by atoms with Crippen LogP contribution in [0.15, 0.2) is 0 Å². The molecule has 0 aromatic heterocycles. The predicted octanol–water partition coefficient (Wildman–Crippen LogP) is 0.465. The molecule has 2 rings (SSSR count). The molecule has 0 radical (unpaired) electrons. The molecule has 2 aliphatic heterocycles. The summed E-state index contributed by atoms with van der Waals surface area (Å²) >= 11 is 0. The van der Waals surface area contributed by atoms with Crippen molar-refractivity contribution in [2.75, 3.05) is 19.6 Å². The molecule has 0 saturated carbocycles. The Labute approximate surface area is 63.4 Å². The van der Waals surface area contributed by atoms with Crippen LogP contribution in [0.4, 0.5) is 0 Å². The van der Waals surface area contributed by atoms with Crippen LogP contribution in [-0.4, -0.2) is 19.6 Å². The zero-order chi connectivity index (χ0) is 6.81. The summed E-state index contributed by atoms with van der Waals surface area (Å²) in [5, 5.41) is 0. The Hall–Kier alpha value is -0.0400. The number of rotatable bonds is 0. The van der Waals surface area contributed by atoms with Crippen LogP contribution in [-0.2, 0) is 0 Å². The van der Waals surface area contributed by atoms with Crippen molar-refractivity contribution in [2.24, 2.45) is 5.92 Å². The van der Waals surface area contributed by atoms with Gasteiger partial charge in [0.2, 0.25) is 0 Å². The molecule has 1 heteroatoms. The van der Waals surface area contributed by atoms with Gasteiger partial charge in [-0.2, -0.15) is 0 Å². The van der Waals surface area contributed by atoms with Gasteiger partial charge < -0.3 is 4.90 Å². The first-order chi connectivity index (χ1) is 4.95. The fraction of sp³-hybridized carbons (Fsp3) is 1.00. The summed E-state index contributed by atoms with van der Waals surface area (Å²) < 4.78 is 0. The standard InChI is InChI=1S/C9H17N/c1-3-9-4-2-7-10(6-1)8-5-9/h9H,1-8H2/p+1. The van der Waals surface area contributed by atoms with Gasteiger partial charge in [-0.05, 0) is 38.0 Å². The molecule has 0 spiro atoms. The third kappa shape index (κ3) is 1.34. The molecule has 0 aromatic rings. The van der Waals surface area contributed by atoms with Crippen LogP contribution >= 0.6 is 0 Å². The SMILES string of the molecule is C1CC2CCC[NH+](C1)CC2. The lowest BCUT2D eigenvalue weighted by Gasteiger charge is -2.15. The van der Waals surface area contributed by atoms with E-state index in [1.165, 1.54) is 51.7 Å². The molecular formula is C9H18N+. The summed E-state index contributed by atoms with van der Waals surface area (Å²) in [7, 11) is 0. The van der Waals surface area contributed by atoms with E-state index in [2.05, 4.69) is 0 Å². The Bertz CT molecular complexity index is 89.3. The highest BCUT2D eigenvalue weighted by molar-refractivity contribution is 4.64. The van der Waals surface area contributed by atoms with Crippen molar-refractivity contribution < 1.29 is 4.90 Å². The number of fused-ring (bicyclic) bond motifs is 3. The molecule has 0 aromatic carbocycles. The topological polar surface area (TPSA) is 4.44 Å². The van der Waals surface area contributed by atoms with Gasteiger partial charge in [0.1, 0.15) is 0 Å². The molecule has 2 heterocycles. The van der Waals surface area contributed by atoms with Crippen LogP contribution in [0.2, 0.25) is 0 Å². The monoisotopic (exact) mass is 140 g/mol. The summed E-state index contributed by atoms with van der Waals surface area (Å²) in [6, 6.07) is 0. The Kier molecular flexibility index (Phi) is 1.94. The molecule has 0 atom stereocenters. The Morgan fingerprint density at radius 2 is 1.50 bits per heavy atom. The maximum absolute atomic E-state index is 1.89. The highest BCUT2D eigenvalue weighted by Crippen LogP contribution is 2.19. The minimum Gasteiger partial charge on any atom is -0.335 e. The summed E-state index contributed by atoms with van der Waals surface area (Å²) in [6.45, 7) is 4.41. The minimum atomic E-state index is 1.11. The quantitative estimate of drug-likeness (QED) is 0.499. The van der Waals surface area contributed by atoms with E-state index < -0.39 is 0 Å². The van der Waals surface area contributed by atoms with Crippen LogP contribution < -0.4 is 4.90 Å².